The van der Waals surface area contributed by atoms with Crippen LogP contribution in [0.1, 0.15) is 28.7 Å². The fourth-order valence-electron chi connectivity index (χ4n) is 3.46. The maximum Gasteiger partial charge on any atom is 0.295 e. The van der Waals surface area contributed by atoms with E-state index in [1.54, 1.807) is 41.6 Å². The summed E-state index contributed by atoms with van der Waals surface area (Å²) in [6.45, 7) is 0.402. The van der Waals surface area contributed by atoms with Gasteiger partial charge in [-0.25, -0.2) is 4.98 Å². The molecule has 3 heterocycles. The molecule has 1 aliphatic heterocycles. The number of aryl methyl sites for hydroxylation is 1. The summed E-state index contributed by atoms with van der Waals surface area (Å²) in [7, 11) is 0. The van der Waals surface area contributed by atoms with Crippen molar-refractivity contribution in [3.8, 4) is 0 Å². The second-order valence-corrected chi connectivity index (χ2v) is 7.49. The number of amides is 1. The van der Waals surface area contributed by atoms with Gasteiger partial charge in [-0.1, -0.05) is 36.4 Å². The molecule has 0 saturated carbocycles. The first-order valence-electron chi connectivity index (χ1n) is 9.02. The van der Waals surface area contributed by atoms with Gasteiger partial charge in [0, 0.05) is 35.8 Å². The number of rotatable bonds is 6. The van der Waals surface area contributed by atoms with E-state index in [4.69, 9.17) is 0 Å². The van der Waals surface area contributed by atoms with Gasteiger partial charge in [0.2, 0.25) is 0 Å². The van der Waals surface area contributed by atoms with Crippen molar-refractivity contribution in [1.29, 1.82) is 0 Å². The number of aromatic amines is 1. The van der Waals surface area contributed by atoms with Crippen LogP contribution in [0.25, 0.3) is 5.76 Å². The molecule has 1 fully saturated rings. The highest BCUT2D eigenvalue weighted by atomic mass is 32.1. The van der Waals surface area contributed by atoms with Crippen LogP contribution in [-0.2, 0) is 16.0 Å². The van der Waals surface area contributed by atoms with Crippen molar-refractivity contribution in [3.63, 3.8) is 0 Å². The molecule has 0 bridgehead atoms. The smallest absolute Gasteiger partial charge is 0.295 e. The third kappa shape index (κ3) is 3.36. The number of thiophene rings is 1. The number of hydrogen-bond acceptors (Lipinski definition) is 5. The van der Waals surface area contributed by atoms with Crippen LogP contribution in [0.4, 0.5) is 0 Å². The number of nitrogens with one attached hydrogen (secondary N) is 1. The van der Waals surface area contributed by atoms with Crippen LogP contribution in [0.3, 0.4) is 0 Å². The maximum absolute atomic E-state index is 12.8. The van der Waals surface area contributed by atoms with Gasteiger partial charge in [-0.3, -0.25) is 9.59 Å². The number of benzene rings is 1. The quantitative estimate of drug-likeness (QED) is 0.381. The lowest BCUT2D eigenvalue weighted by Gasteiger charge is -2.24. The molecule has 0 radical (unpaired) electrons. The van der Waals surface area contributed by atoms with Crippen molar-refractivity contribution in [2.45, 2.75) is 18.9 Å². The first kappa shape index (κ1) is 18.2. The lowest BCUT2D eigenvalue weighted by atomic mass is 10.00. The number of nitrogens with zero attached hydrogens (tertiary/aromatic N) is 2. The van der Waals surface area contributed by atoms with E-state index < -0.39 is 17.7 Å². The Morgan fingerprint density at radius 2 is 2.00 bits per heavy atom. The Bertz CT molecular complexity index is 995. The second-order valence-electron chi connectivity index (χ2n) is 6.51. The molecule has 7 heteroatoms. The van der Waals surface area contributed by atoms with Gasteiger partial charge >= 0.3 is 0 Å². The average Bonchev–Trinajstić information content (AvgIpc) is 3.46. The third-order valence-corrected chi connectivity index (χ3v) is 5.69. The van der Waals surface area contributed by atoms with Crippen LogP contribution in [0, 0.1) is 0 Å². The van der Waals surface area contributed by atoms with E-state index in [-0.39, 0.29) is 11.3 Å². The highest BCUT2D eigenvalue weighted by Gasteiger charge is 2.46. The van der Waals surface area contributed by atoms with Crippen molar-refractivity contribution in [2.75, 3.05) is 6.54 Å². The van der Waals surface area contributed by atoms with Crippen molar-refractivity contribution in [2.24, 2.45) is 0 Å². The number of aromatic nitrogens is 2. The van der Waals surface area contributed by atoms with Crippen LogP contribution in [0.5, 0.6) is 0 Å². The van der Waals surface area contributed by atoms with E-state index in [1.165, 1.54) is 11.3 Å². The molecule has 0 aliphatic carbocycles. The zero-order valence-corrected chi connectivity index (χ0v) is 15.9. The third-order valence-electron chi connectivity index (χ3n) is 4.77. The van der Waals surface area contributed by atoms with Gasteiger partial charge in [-0.2, -0.15) is 0 Å². The number of carbonyl (C=O) groups is 2. The van der Waals surface area contributed by atoms with Crippen molar-refractivity contribution >= 4 is 28.8 Å². The largest absolute Gasteiger partial charge is 0.507 e. The summed E-state index contributed by atoms with van der Waals surface area (Å²) < 4.78 is 0. The fraction of sp³-hybridized carbons (Fsp3) is 0.190. The SMILES string of the molecule is O=C1C(=O)N(CCCc2ncc[nH]2)C(c2cccs2)/C1=C(\O)c1ccccc1. The monoisotopic (exact) mass is 393 g/mol. The zero-order chi connectivity index (χ0) is 19.5. The van der Waals surface area contributed by atoms with Gasteiger partial charge in [0.25, 0.3) is 11.7 Å². The number of aliphatic hydroxyl groups excluding tert-OH is 1. The maximum atomic E-state index is 12.8. The topological polar surface area (TPSA) is 86.3 Å². The highest BCUT2D eigenvalue weighted by Crippen LogP contribution is 2.41. The van der Waals surface area contributed by atoms with Gasteiger partial charge < -0.3 is 15.0 Å². The molecular weight excluding hydrogens is 374 g/mol. The molecule has 28 heavy (non-hydrogen) atoms. The number of hydrogen-bond donors (Lipinski definition) is 2. The molecule has 1 amide bonds. The zero-order valence-electron chi connectivity index (χ0n) is 15.0. The minimum absolute atomic E-state index is 0.133. The van der Waals surface area contributed by atoms with Crippen LogP contribution in [-0.4, -0.2) is 38.2 Å². The second kappa shape index (κ2) is 7.82. The number of aliphatic hydroxyl groups is 1. The molecule has 142 valence electrons. The Morgan fingerprint density at radius 3 is 2.68 bits per heavy atom. The Morgan fingerprint density at radius 1 is 1.18 bits per heavy atom. The van der Waals surface area contributed by atoms with E-state index >= 15 is 0 Å². The minimum Gasteiger partial charge on any atom is -0.507 e. The first-order chi connectivity index (χ1) is 13.7. The van der Waals surface area contributed by atoms with E-state index in [1.807, 2.05) is 23.6 Å². The van der Waals surface area contributed by atoms with E-state index in [9.17, 15) is 14.7 Å². The molecule has 1 atom stereocenters. The summed E-state index contributed by atoms with van der Waals surface area (Å²) in [6, 6.07) is 12.1. The summed E-state index contributed by atoms with van der Waals surface area (Å²) in [5.41, 5.74) is 0.675. The van der Waals surface area contributed by atoms with Crippen LogP contribution >= 0.6 is 11.3 Å². The molecule has 1 unspecified atom stereocenters. The fourth-order valence-corrected chi connectivity index (χ4v) is 4.30. The molecule has 4 rings (SSSR count). The van der Waals surface area contributed by atoms with Gasteiger partial charge in [0.15, 0.2) is 0 Å². The Balaban J connectivity index is 1.68. The molecular formula is C21H19N3O3S. The lowest BCUT2D eigenvalue weighted by molar-refractivity contribution is -0.139. The predicted octanol–water partition coefficient (Wildman–Crippen LogP) is 3.53. The summed E-state index contributed by atoms with van der Waals surface area (Å²) in [4.78, 5) is 35.2. The van der Waals surface area contributed by atoms with Crippen molar-refractivity contribution in [3.05, 3.63) is 82.1 Å². The number of carbonyl (C=O) groups excluding carboxylic acids is 2. The number of H-pyrrole nitrogens is 1. The van der Waals surface area contributed by atoms with Crippen LogP contribution in [0.2, 0.25) is 0 Å². The summed E-state index contributed by atoms with van der Waals surface area (Å²) in [6.07, 6.45) is 4.78. The minimum atomic E-state index is -0.641. The lowest BCUT2D eigenvalue weighted by Crippen LogP contribution is -2.30. The first-order valence-corrected chi connectivity index (χ1v) is 9.90. The average molecular weight is 393 g/mol. The van der Waals surface area contributed by atoms with Crippen LogP contribution < -0.4 is 0 Å². The molecule has 2 aromatic heterocycles. The standard InChI is InChI=1S/C21H19N3O3S/c25-19(14-6-2-1-3-7-14)17-18(15-8-5-13-28-15)24(21(27)20(17)26)12-4-9-16-22-10-11-23-16/h1-3,5-8,10-11,13,18,25H,4,9,12H2,(H,22,23)/b19-17+. The summed E-state index contributed by atoms with van der Waals surface area (Å²) in [5, 5.41) is 12.7. The summed E-state index contributed by atoms with van der Waals surface area (Å²) in [5.74, 6) is -0.507. The molecule has 0 spiro atoms. The molecule has 1 saturated heterocycles. The molecule has 2 N–H and O–H groups in total. The molecule has 6 nitrogen and oxygen atoms in total. The number of ketones is 1. The summed E-state index contributed by atoms with van der Waals surface area (Å²) >= 11 is 1.47. The number of imidazole rings is 1. The van der Waals surface area contributed by atoms with Gasteiger partial charge in [0.1, 0.15) is 11.6 Å². The van der Waals surface area contributed by atoms with Crippen LogP contribution in [0.15, 0.2) is 65.8 Å². The highest BCUT2D eigenvalue weighted by molar-refractivity contribution is 7.10. The Kier molecular flexibility index (Phi) is 5.08. The van der Waals surface area contributed by atoms with E-state index in [0.29, 0.717) is 24.9 Å². The van der Waals surface area contributed by atoms with Gasteiger partial charge in [-0.05, 0) is 17.9 Å². The Labute approximate surface area is 166 Å². The van der Waals surface area contributed by atoms with E-state index in [0.717, 1.165) is 10.7 Å². The molecule has 1 aliphatic rings. The predicted molar refractivity (Wildman–Crippen MR) is 107 cm³/mol. The van der Waals surface area contributed by atoms with E-state index in [2.05, 4.69) is 9.97 Å². The van der Waals surface area contributed by atoms with Gasteiger partial charge in [-0.15, -0.1) is 11.3 Å². The number of Topliss-reactive ketones (excluding diaryl/α,β-unsaturated/α-hetero) is 1. The number of likely N-dealkylation sites (tertiary alicyclic amines) is 1. The Hall–Kier alpha value is -3.19. The normalized spacial score (nSPS) is 18.7. The van der Waals surface area contributed by atoms with Crippen molar-refractivity contribution < 1.29 is 14.7 Å². The van der Waals surface area contributed by atoms with Gasteiger partial charge in [0.05, 0.1) is 11.6 Å². The molecule has 3 aromatic rings. The molecule has 1 aromatic carbocycles. The van der Waals surface area contributed by atoms with Crippen molar-refractivity contribution in [1.82, 2.24) is 14.9 Å².